The summed E-state index contributed by atoms with van der Waals surface area (Å²) in [6.45, 7) is 2.89. The molecule has 4 aromatic rings. The molecule has 3 heterocycles. The second kappa shape index (κ2) is 10.7. The Morgan fingerprint density at radius 3 is 2.44 bits per heavy atom. The van der Waals surface area contributed by atoms with Crippen molar-refractivity contribution in [2.45, 2.75) is 37.0 Å². The predicted molar refractivity (Wildman–Crippen MR) is 162 cm³/mol. The molecule has 2 aromatic heterocycles. The summed E-state index contributed by atoms with van der Waals surface area (Å²) in [5.74, 6) is -2.11. The topological polar surface area (TPSA) is 124 Å². The number of aromatic nitrogens is 2. The zero-order valence-electron chi connectivity index (χ0n) is 23.5. The number of hydrogen-bond donors (Lipinski definition) is 2. The molecule has 4 N–H and O–H groups in total. The highest BCUT2D eigenvalue weighted by atomic mass is 32.2. The molecule has 0 spiro atoms. The van der Waals surface area contributed by atoms with Crippen LogP contribution < -0.4 is 11.5 Å². The van der Waals surface area contributed by atoms with Crippen molar-refractivity contribution in [2.24, 2.45) is 11.5 Å². The maximum absolute atomic E-state index is 14.6. The molecule has 1 atom stereocenters. The van der Waals surface area contributed by atoms with Crippen molar-refractivity contribution in [1.82, 2.24) is 13.9 Å². The number of hydrogen-bond acceptors (Lipinski definition) is 6. The number of piperidine rings is 1. The predicted octanol–water partition coefficient (Wildman–Crippen LogP) is 4.81. The van der Waals surface area contributed by atoms with Crippen LogP contribution in [0.5, 0.6) is 0 Å². The van der Waals surface area contributed by atoms with Crippen LogP contribution in [0.1, 0.15) is 42.1 Å². The molecule has 1 saturated heterocycles. The zero-order chi connectivity index (χ0) is 30.5. The molecular weight excluding hydrogens is 572 g/mol. The van der Waals surface area contributed by atoms with Gasteiger partial charge in [-0.15, -0.1) is 0 Å². The van der Waals surface area contributed by atoms with Crippen LogP contribution in [-0.2, 0) is 10.0 Å². The van der Waals surface area contributed by atoms with Gasteiger partial charge < -0.3 is 16.4 Å². The van der Waals surface area contributed by atoms with Gasteiger partial charge in [0.05, 0.1) is 0 Å². The minimum absolute atomic E-state index is 0.0671. The number of nitrogens with two attached hydrogens (primary N) is 2. The van der Waals surface area contributed by atoms with Gasteiger partial charge in [0.2, 0.25) is 15.9 Å². The van der Waals surface area contributed by atoms with E-state index in [1.54, 1.807) is 49.4 Å². The smallest absolute Gasteiger partial charge is 0.249 e. The maximum Gasteiger partial charge on any atom is 0.249 e. The third kappa shape index (κ3) is 5.12. The summed E-state index contributed by atoms with van der Waals surface area (Å²) in [6, 6.07) is 13.4. The number of pyridine rings is 1. The number of rotatable bonds is 6. The third-order valence-electron chi connectivity index (χ3n) is 8.32. The molecule has 0 bridgehead atoms. The average Bonchev–Trinajstić information content (AvgIpc) is 3.38. The van der Waals surface area contributed by atoms with Crippen molar-refractivity contribution in [2.75, 3.05) is 13.1 Å². The molecule has 1 amide bonds. The van der Waals surface area contributed by atoms with Gasteiger partial charge in [-0.05, 0) is 73.7 Å². The number of fused-ring (bicyclic) bond motifs is 1. The summed E-state index contributed by atoms with van der Waals surface area (Å²) < 4.78 is 57.7. The Hall–Kier alpha value is -4.35. The van der Waals surface area contributed by atoms with E-state index in [4.69, 9.17) is 11.5 Å². The molecule has 1 unspecified atom stereocenters. The summed E-state index contributed by atoms with van der Waals surface area (Å²) in [5, 5.41) is 0.574. The molecule has 1 fully saturated rings. The number of likely N-dealkylation sites (tertiary alicyclic amines) is 1. The van der Waals surface area contributed by atoms with E-state index in [0.717, 1.165) is 28.6 Å². The quantitative estimate of drug-likeness (QED) is 0.326. The van der Waals surface area contributed by atoms with Crippen LogP contribution in [0.15, 0.2) is 84.8 Å². The fraction of sp³-hybridized carbons (Fsp3) is 0.250. The van der Waals surface area contributed by atoms with E-state index < -0.39 is 32.3 Å². The Morgan fingerprint density at radius 2 is 1.74 bits per heavy atom. The minimum atomic E-state index is -4.21. The highest BCUT2D eigenvalue weighted by Gasteiger charge is 2.43. The number of carbonyl (C=O) groups excluding carboxylic acids is 1. The molecule has 8 nitrogen and oxygen atoms in total. The lowest BCUT2D eigenvalue weighted by atomic mass is 9.88. The van der Waals surface area contributed by atoms with Crippen LogP contribution in [0, 0.1) is 11.6 Å². The molecule has 2 aliphatic rings. The first-order valence-corrected chi connectivity index (χ1v) is 15.4. The number of allylic oxidation sites excluding steroid dienone is 2. The number of nitrogens with zero attached hydrogens (tertiary/aromatic N) is 3. The van der Waals surface area contributed by atoms with Crippen molar-refractivity contribution < 1.29 is 22.0 Å². The first-order chi connectivity index (χ1) is 20.5. The van der Waals surface area contributed by atoms with Crippen LogP contribution in [0.3, 0.4) is 0 Å². The van der Waals surface area contributed by atoms with Gasteiger partial charge >= 0.3 is 0 Å². The van der Waals surface area contributed by atoms with Crippen LogP contribution in [-0.4, -0.2) is 52.1 Å². The van der Waals surface area contributed by atoms with E-state index in [1.165, 1.54) is 24.5 Å². The normalized spacial score (nSPS) is 19.8. The Kier molecular flexibility index (Phi) is 7.18. The average molecular weight is 604 g/mol. The van der Waals surface area contributed by atoms with Crippen molar-refractivity contribution in [3.05, 3.63) is 108 Å². The molecule has 222 valence electrons. The Morgan fingerprint density at radius 1 is 1.02 bits per heavy atom. The third-order valence-corrected chi connectivity index (χ3v) is 10.6. The Bertz CT molecular complexity index is 1910. The molecule has 0 radical (unpaired) electrons. The van der Waals surface area contributed by atoms with E-state index in [9.17, 15) is 22.0 Å². The van der Waals surface area contributed by atoms with Gasteiger partial charge in [-0.25, -0.2) is 26.2 Å². The molecule has 1 aliphatic carbocycles. The van der Waals surface area contributed by atoms with Gasteiger partial charge in [-0.2, -0.15) is 0 Å². The first kappa shape index (κ1) is 28.8. The molecule has 6 rings (SSSR count). The van der Waals surface area contributed by atoms with Gasteiger partial charge in [-0.3, -0.25) is 4.79 Å². The van der Waals surface area contributed by atoms with Gasteiger partial charge in [0.25, 0.3) is 0 Å². The standard InChI is InChI=1S/C32H31F2N5O3S/c1-32(10-7-29(38-12-8-25(35)9-13-38)27(18-32)22-15-23(33)17-24(34)16-22)43(41,42)39-19-28(26-6-3-11-37-31(26)39)20-4-2-5-21(14-20)30(36)40/h2-7,11,14-19,25H,8-10,12-13,35H2,1H3,(H2,36,40). The van der Waals surface area contributed by atoms with Crippen LogP contribution in [0.25, 0.3) is 27.7 Å². The number of primary amides is 1. The zero-order valence-corrected chi connectivity index (χ0v) is 24.3. The van der Waals surface area contributed by atoms with E-state index in [0.29, 0.717) is 35.2 Å². The number of benzene rings is 2. The fourth-order valence-electron chi connectivity index (χ4n) is 5.92. The van der Waals surface area contributed by atoms with Gasteiger partial charge in [0, 0.05) is 65.4 Å². The molecular formula is C32H31F2N5O3S. The number of amides is 1. The molecule has 11 heteroatoms. The van der Waals surface area contributed by atoms with Crippen molar-refractivity contribution >= 4 is 32.5 Å². The van der Waals surface area contributed by atoms with E-state index in [2.05, 4.69) is 9.88 Å². The molecule has 43 heavy (non-hydrogen) atoms. The van der Waals surface area contributed by atoms with Gasteiger partial charge in [0.15, 0.2) is 5.65 Å². The minimum Gasteiger partial charge on any atom is -0.371 e. The molecule has 2 aromatic carbocycles. The van der Waals surface area contributed by atoms with E-state index in [-0.39, 0.29) is 29.2 Å². The van der Waals surface area contributed by atoms with E-state index >= 15 is 0 Å². The van der Waals surface area contributed by atoms with Gasteiger partial charge in [-0.1, -0.05) is 24.3 Å². The number of carbonyl (C=O) groups is 1. The SMILES string of the molecule is CC1(S(=O)(=O)n2cc(-c3cccc(C(N)=O)c3)c3cccnc32)C=C(c2cc(F)cc(F)c2)C(N2CCC(N)CC2)=CC1. The monoisotopic (exact) mass is 603 g/mol. The lowest BCUT2D eigenvalue weighted by molar-refractivity contribution is 0.100. The summed E-state index contributed by atoms with van der Waals surface area (Å²) in [5.41, 5.74) is 14.7. The highest BCUT2D eigenvalue weighted by Crippen LogP contribution is 2.42. The van der Waals surface area contributed by atoms with Crippen LogP contribution in [0.4, 0.5) is 8.78 Å². The lowest BCUT2D eigenvalue weighted by Gasteiger charge is -2.39. The summed E-state index contributed by atoms with van der Waals surface area (Å²) in [4.78, 5) is 18.4. The Balaban J connectivity index is 1.50. The van der Waals surface area contributed by atoms with Crippen LogP contribution >= 0.6 is 0 Å². The second-order valence-electron chi connectivity index (χ2n) is 11.3. The van der Waals surface area contributed by atoms with Crippen molar-refractivity contribution in [3.63, 3.8) is 0 Å². The lowest BCUT2D eigenvalue weighted by Crippen LogP contribution is -2.42. The van der Waals surface area contributed by atoms with Crippen molar-refractivity contribution in [3.8, 4) is 11.1 Å². The molecule has 0 saturated carbocycles. The van der Waals surface area contributed by atoms with Crippen LogP contribution in [0.2, 0.25) is 0 Å². The molecule has 1 aliphatic heterocycles. The largest absolute Gasteiger partial charge is 0.371 e. The Labute approximate surface area is 248 Å². The second-order valence-corrected chi connectivity index (χ2v) is 13.6. The maximum atomic E-state index is 14.6. The van der Waals surface area contributed by atoms with Crippen molar-refractivity contribution in [1.29, 1.82) is 0 Å². The number of halogens is 2. The highest BCUT2D eigenvalue weighted by molar-refractivity contribution is 7.91. The first-order valence-electron chi connectivity index (χ1n) is 14.0. The van der Waals surface area contributed by atoms with Gasteiger partial charge in [0.1, 0.15) is 16.4 Å². The summed E-state index contributed by atoms with van der Waals surface area (Å²) in [7, 11) is -4.21. The summed E-state index contributed by atoms with van der Waals surface area (Å²) >= 11 is 0. The fourth-order valence-corrected chi connectivity index (χ4v) is 7.54. The summed E-state index contributed by atoms with van der Waals surface area (Å²) in [6.07, 6.45) is 8.06. The van der Waals surface area contributed by atoms with E-state index in [1.807, 2.05) is 6.08 Å².